The Balaban J connectivity index is 1.58. The minimum Gasteiger partial charge on any atom is -0.480 e. The van der Waals surface area contributed by atoms with Crippen molar-refractivity contribution < 1.29 is 19.8 Å². The minimum atomic E-state index is -0.971. The van der Waals surface area contributed by atoms with Gasteiger partial charge >= 0.3 is 11.9 Å². The van der Waals surface area contributed by atoms with Crippen molar-refractivity contribution in [2.24, 2.45) is 0 Å². The summed E-state index contributed by atoms with van der Waals surface area (Å²) in [5, 5.41) is 20.1. The van der Waals surface area contributed by atoms with Crippen LogP contribution >= 0.6 is 15.9 Å². The Labute approximate surface area is 187 Å². The topological polar surface area (TPSA) is 98.9 Å². The van der Waals surface area contributed by atoms with Crippen molar-refractivity contribution in [3.63, 3.8) is 0 Å². The Morgan fingerprint density at radius 1 is 1.10 bits per heavy atom. The smallest absolute Gasteiger partial charge is 0.325 e. The number of benzene rings is 1. The van der Waals surface area contributed by atoms with Crippen molar-refractivity contribution in [2.75, 3.05) is 26.2 Å². The molecule has 1 atom stereocenters. The first-order valence-electron chi connectivity index (χ1n) is 10.0. The van der Waals surface area contributed by atoms with Crippen LogP contribution in [0.15, 0.2) is 53.3 Å². The van der Waals surface area contributed by atoms with E-state index < -0.39 is 18.0 Å². The van der Waals surface area contributed by atoms with Gasteiger partial charge in [0.1, 0.15) is 12.6 Å². The molecular formula is C22H23BrN4O4. The lowest BCUT2D eigenvalue weighted by atomic mass is 10.0. The predicted molar refractivity (Wildman–Crippen MR) is 119 cm³/mol. The largest absolute Gasteiger partial charge is 0.480 e. The Kier molecular flexibility index (Phi) is 6.35. The third-order valence-corrected chi connectivity index (χ3v) is 6.09. The van der Waals surface area contributed by atoms with Gasteiger partial charge in [0.25, 0.3) is 0 Å². The highest BCUT2D eigenvalue weighted by molar-refractivity contribution is 9.10. The summed E-state index contributed by atoms with van der Waals surface area (Å²) in [5.74, 6) is -1.91. The second kappa shape index (κ2) is 9.17. The van der Waals surface area contributed by atoms with Gasteiger partial charge < -0.3 is 14.8 Å². The number of carboxylic acid groups (broad SMARTS) is 2. The summed E-state index contributed by atoms with van der Waals surface area (Å²) in [7, 11) is 0. The molecule has 162 valence electrons. The summed E-state index contributed by atoms with van der Waals surface area (Å²) in [6.07, 6.45) is 3.45. The number of nitrogens with zero attached hydrogens (tertiary/aromatic N) is 4. The van der Waals surface area contributed by atoms with Gasteiger partial charge in [0.15, 0.2) is 0 Å². The van der Waals surface area contributed by atoms with Gasteiger partial charge in [-0.2, -0.15) is 0 Å². The molecule has 31 heavy (non-hydrogen) atoms. The Morgan fingerprint density at radius 2 is 1.87 bits per heavy atom. The van der Waals surface area contributed by atoms with Gasteiger partial charge in [0.05, 0.1) is 5.69 Å². The number of carbonyl (C=O) groups is 2. The van der Waals surface area contributed by atoms with Crippen LogP contribution in [0.4, 0.5) is 0 Å². The van der Waals surface area contributed by atoms with Crippen molar-refractivity contribution >= 4 is 38.8 Å². The van der Waals surface area contributed by atoms with Crippen molar-refractivity contribution in [3.8, 4) is 0 Å². The molecule has 8 nitrogen and oxygen atoms in total. The number of hydrogen-bond acceptors (Lipinski definition) is 5. The average molecular weight is 487 g/mol. The zero-order chi connectivity index (χ0) is 22.0. The van der Waals surface area contributed by atoms with E-state index in [-0.39, 0.29) is 6.54 Å². The molecule has 0 radical (unpaired) electrons. The molecule has 2 aromatic heterocycles. The van der Waals surface area contributed by atoms with Crippen LogP contribution in [0.1, 0.15) is 17.3 Å². The first kappa shape index (κ1) is 21.5. The normalized spacial score (nSPS) is 16.4. The van der Waals surface area contributed by atoms with Gasteiger partial charge in [-0.25, -0.2) is 0 Å². The number of carboxylic acids is 2. The van der Waals surface area contributed by atoms with Gasteiger partial charge in [-0.15, -0.1) is 0 Å². The first-order chi connectivity index (χ1) is 14.9. The summed E-state index contributed by atoms with van der Waals surface area (Å²) >= 11 is 3.45. The summed E-state index contributed by atoms with van der Waals surface area (Å²) in [4.78, 5) is 32.2. The van der Waals surface area contributed by atoms with Gasteiger partial charge in [-0.05, 0) is 30.3 Å². The second-order valence-corrected chi connectivity index (χ2v) is 8.56. The number of pyridine rings is 1. The average Bonchev–Trinajstić information content (AvgIpc) is 3.06. The maximum Gasteiger partial charge on any atom is 0.325 e. The molecular weight excluding hydrogens is 464 g/mol. The predicted octanol–water partition coefficient (Wildman–Crippen LogP) is 2.83. The summed E-state index contributed by atoms with van der Waals surface area (Å²) < 4.78 is 2.42. The molecule has 1 aliphatic heterocycles. The zero-order valence-corrected chi connectivity index (χ0v) is 18.4. The molecule has 1 fully saturated rings. The second-order valence-electron chi connectivity index (χ2n) is 7.64. The van der Waals surface area contributed by atoms with E-state index >= 15 is 0 Å². The summed E-state index contributed by atoms with van der Waals surface area (Å²) in [6, 6.07) is 10.5. The van der Waals surface area contributed by atoms with Crippen molar-refractivity contribution in [3.05, 3.63) is 64.5 Å². The molecule has 3 heterocycles. The van der Waals surface area contributed by atoms with Crippen LogP contribution in [0.5, 0.6) is 0 Å². The standard InChI is InChI=1S/C22H23BrN4O4/c23-15-4-5-19-17(11-15)18(13-27(19)14-20(28)29)21(22(30)31)26-9-7-25(8-10-26)12-16-3-1-2-6-24-16/h1-6,11,13,21H,7-10,12,14H2,(H,28,29)(H,30,31). The lowest BCUT2D eigenvalue weighted by Gasteiger charge is -2.37. The fraction of sp³-hybridized carbons (Fsp3) is 0.318. The summed E-state index contributed by atoms with van der Waals surface area (Å²) in [5.41, 5.74) is 2.32. The molecule has 2 N–H and O–H groups in total. The maximum absolute atomic E-state index is 12.3. The lowest BCUT2D eigenvalue weighted by molar-refractivity contribution is -0.144. The highest BCUT2D eigenvalue weighted by Gasteiger charge is 2.33. The molecule has 0 aliphatic carbocycles. The van der Waals surface area contributed by atoms with Crippen LogP contribution < -0.4 is 0 Å². The van der Waals surface area contributed by atoms with E-state index in [0.717, 1.165) is 35.2 Å². The molecule has 0 amide bonds. The molecule has 1 unspecified atom stereocenters. The number of fused-ring (bicyclic) bond motifs is 1. The maximum atomic E-state index is 12.3. The van der Waals surface area contributed by atoms with Gasteiger partial charge in [0, 0.05) is 66.1 Å². The van der Waals surface area contributed by atoms with E-state index in [2.05, 4.69) is 25.8 Å². The number of aliphatic carboxylic acids is 2. The lowest BCUT2D eigenvalue weighted by Crippen LogP contribution is -2.48. The van der Waals surface area contributed by atoms with Crippen LogP contribution in [-0.2, 0) is 22.7 Å². The van der Waals surface area contributed by atoms with Crippen molar-refractivity contribution in [1.82, 2.24) is 19.4 Å². The Hall–Kier alpha value is -2.75. The molecule has 0 spiro atoms. The first-order valence-corrected chi connectivity index (χ1v) is 10.8. The highest BCUT2D eigenvalue weighted by atomic mass is 79.9. The van der Waals surface area contributed by atoms with Crippen LogP contribution in [0.3, 0.4) is 0 Å². The van der Waals surface area contributed by atoms with Crippen molar-refractivity contribution in [2.45, 2.75) is 19.1 Å². The van der Waals surface area contributed by atoms with E-state index in [1.807, 2.05) is 41.3 Å². The van der Waals surface area contributed by atoms with Crippen LogP contribution in [0, 0.1) is 0 Å². The summed E-state index contributed by atoms with van der Waals surface area (Å²) in [6.45, 7) is 3.18. The van der Waals surface area contributed by atoms with Crippen molar-refractivity contribution in [1.29, 1.82) is 0 Å². The molecule has 1 aliphatic rings. The van der Waals surface area contributed by atoms with E-state index in [0.29, 0.717) is 24.2 Å². The number of hydrogen-bond donors (Lipinski definition) is 2. The fourth-order valence-corrected chi connectivity index (χ4v) is 4.54. The van der Waals surface area contributed by atoms with Gasteiger partial charge in [-0.1, -0.05) is 22.0 Å². The molecule has 1 saturated heterocycles. The van der Waals surface area contributed by atoms with E-state index in [9.17, 15) is 19.8 Å². The number of rotatable bonds is 7. The number of aromatic nitrogens is 2. The molecule has 1 aromatic carbocycles. The van der Waals surface area contributed by atoms with Gasteiger partial charge in [-0.3, -0.25) is 24.4 Å². The number of halogens is 1. The van der Waals surface area contributed by atoms with Crippen LogP contribution in [0.25, 0.3) is 10.9 Å². The van der Waals surface area contributed by atoms with Gasteiger partial charge in [0.2, 0.25) is 0 Å². The minimum absolute atomic E-state index is 0.220. The quantitative estimate of drug-likeness (QED) is 0.529. The monoisotopic (exact) mass is 486 g/mol. The molecule has 3 aromatic rings. The van der Waals surface area contributed by atoms with E-state index in [1.54, 1.807) is 17.0 Å². The third kappa shape index (κ3) is 4.79. The van der Waals surface area contributed by atoms with Crippen LogP contribution in [0.2, 0.25) is 0 Å². The molecule has 9 heteroatoms. The fourth-order valence-electron chi connectivity index (χ4n) is 4.18. The highest BCUT2D eigenvalue weighted by Crippen LogP contribution is 2.33. The molecule has 0 bridgehead atoms. The number of piperazine rings is 1. The zero-order valence-electron chi connectivity index (χ0n) is 16.8. The molecule has 4 rings (SSSR count). The van der Waals surface area contributed by atoms with E-state index in [4.69, 9.17) is 0 Å². The third-order valence-electron chi connectivity index (χ3n) is 5.59. The Bertz CT molecular complexity index is 1090. The Morgan fingerprint density at radius 3 is 2.52 bits per heavy atom. The van der Waals surface area contributed by atoms with E-state index in [1.165, 1.54) is 0 Å². The SMILES string of the molecule is O=C(O)Cn1cc(C(C(=O)O)N2CCN(Cc3ccccn3)CC2)c2cc(Br)ccc21. The van der Waals surface area contributed by atoms with Crippen LogP contribution in [-0.4, -0.2) is 67.7 Å². The molecule has 0 saturated carbocycles.